The maximum absolute atomic E-state index is 11.4. The standard InChI is InChI=1S/C13H24N4O2S/c1-7(2)19-10-9(14)11(12(15)18)20-13(10)16-6-8(3)17(4)5/h7-8,16H,6,14H2,1-5H3,(H2,15,18). The van der Waals surface area contributed by atoms with Gasteiger partial charge in [-0.25, -0.2) is 0 Å². The Balaban J connectivity index is 2.98. The molecule has 1 heterocycles. The van der Waals surface area contributed by atoms with Gasteiger partial charge in [0.1, 0.15) is 15.6 Å². The summed E-state index contributed by atoms with van der Waals surface area (Å²) >= 11 is 1.24. The third kappa shape index (κ3) is 4.01. The molecule has 114 valence electrons. The van der Waals surface area contributed by atoms with E-state index in [2.05, 4.69) is 17.1 Å². The van der Waals surface area contributed by atoms with Crippen molar-refractivity contribution in [2.45, 2.75) is 32.9 Å². The number of hydrogen-bond donors (Lipinski definition) is 3. The second kappa shape index (κ2) is 6.81. The number of ether oxygens (including phenoxy) is 1. The molecule has 1 rings (SSSR count). The first kappa shape index (κ1) is 16.6. The summed E-state index contributed by atoms with van der Waals surface area (Å²) in [6, 6.07) is 0.335. The summed E-state index contributed by atoms with van der Waals surface area (Å²) in [6.07, 6.45) is -0.0283. The third-order valence-electron chi connectivity index (χ3n) is 2.92. The van der Waals surface area contributed by atoms with Gasteiger partial charge in [0, 0.05) is 12.6 Å². The lowest BCUT2D eigenvalue weighted by atomic mass is 10.3. The molecule has 1 atom stereocenters. The topological polar surface area (TPSA) is 93.6 Å². The lowest BCUT2D eigenvalue weighted by molar-refractivity contribution is 0.100. The van der Waals surface area contributed by atoms with Crippen molar-refractivity contribution < 1.29 is 9.53 Å². The van der Waals surface area contributed by atoms with Gasteiger partial charge in [0.15, 0.2) is 5.75 Å². The molecule has 0 aliphatic rings. The van der Waals surface area contributed by atoms with Crippen molar-refractivity contribution in [1.82, 2.24) is 4.90 Å². The molecule has 20 heavy (non-hydrogen) atoms. The molecule has 1 unspecified atom stereocenters. The van der Waals surface area contributed by atoms with Crippen LogP contribution in [0.4, 0.5) is 10.7 Å². The van der Waals surface area contributed by atoms with Crippen molar-refractivity contribution in [2.75, 3.05) is 31.7 Å². The van der Waals surface area contributed by atoms with E-state index in [1.54, 1.807) is 0 Å². The van der Waals surface area contributed by atoms with Gasteiger partial charge in [-0.15, -0.1) is 11.3 Å². The van der Waals surface area contributed by atoms with Crippen LogP contribution in [-0.2, 0) is 0 Å². The minimum atomic E-state index is -0.533. The van der Waals surface area contributed by atoms with Crippen LogP contribution >= 0.6 is 11.3 Å². The molecule has 0 bridgehead atoms. The maximum atomic E-state index is 11.4. The molecule has 6 nitrogen and oxygen atoms in total. The summed E-state index contributed by atoms with van der Waals surface area (Å²) < 4.78 is 5.70. The first-order valence-electron chi connectivity index (χ1n) is 6.53. The van der Waals surface area contributed by atoms with Gasteiger partial charge < -0.3 is 26.4 Å². The largest absolute Gasteiger partial charge is 0.486 e. The van der Waals surface area contributed by atoms with E-state index in [0.29, 0.717) is 22.4 Å². The predicted molar refractivity (Wildman–Crippen MR) is 84.7 cm³/mol. The monoisotopic (exact) mass is 300 g/mol. The van der Waals surface area contributed by atoms with Crippen LogP contribution in [0.2, 0.25) is 0 Å². The van der Waals surface area contributed by atoms with Crippen molar-refractivity contribution in [2.24, 2.45) is 5.73 Å². The number of primary amides is 1. The summed E-state index contributed by atoms with van der Waals surface area (Å²) in [7, 11) is 4.02. The van der Waals surface area contributed by atoms with Crippen LogP contribution in [0.3, 0.4) is 0 Å². The number of amides is 1. The number of carbonyl (C=O) groups is 1. The van der Waals surface area contributed by atoms with E-state index < -0.39 is 5.91 Å². The van der Waals surface area contributed by atoms with E-state index in [1.165, 1.54) is 11.3 Å². The molecule has 0 saturated carbocycles. The molecule has 0 fully saturated rings. The van der Waals surface area contributed by atoms with Crippen molar-refractivity contribution in [3.8, 4) is 5.75 Å². The van der Waals surface area contributed by atoms with Crippen LogP contribution in [0.1, 0.15) is 30.4 Å². The molecule has 0 spiro atoms. The fourth-order valence-corrected chi connectivity index (χ4v) is 2.42. The molecular weight excluding hydrogens is 276 g/mol. The quantitative estimate of drug-likeness (QED) is 0.711. The number of likely N-dealkylation sites (N-methyl/N-ethyl adjacent to an activating group) is 1. The summed E-state index contributed by atoms with van der Waals surface area (Å²) in [6.45, 7) is 6.64. The fourth-order valence-electron chi connectivity index (χ4n) is 1.50. The molecule has 5 N–H and O–H groups in total. The van der Waals surface area contributed by atoms with E-state index in [-0.39, 0.29) is 6.10 Å². The van der Waals surface area contributed by atoms with Gasteiger partial charge in [0.2, 0.25) is 0 Å². The van der Waals surface area contributed by atoms with Crippen molar-refractivity contribution >= 4 is 27.9 Å². The van der Waals surface area contributed by atoms with Crippen LogP contribution in [0, 0.1) is 0 Å². The number of thiophene rings is 1. The first-order valence-corrected chi connectivity index (χ1v) is 7.34. The van der Waals surface area contributed by atoms with E-state index in [4.69, 9.17) is 16.2 Å². The lowest BCUT2D eigenvalue weighted by Crippen LogP contribution is -2.31. The summed E-state index contributed by atoms with van der Waals surface area (Å²) in [5.41, 5.74) is 11.6. The van der Waals surface area contributed by atoms with Crippen LogP contribution in [0.5, 0.6) is 5.75 Å². The lowest BCUT2D eigenvalue weighted by Gasteiger charge is -2.20. The van der Waals surface area contributed by atoms with E-state index in [9.17, 15) is 4.79 Å². The van der Waals surface area contributed by atoms with Gasteiger partial charge in [-0.3, -0.25) is 4.79 Å². The highest BCUT2D eigenvalue weighted by molar-refractivity contribution is 7.19. The van der Waals surface area contributed by atoms with E-state index in [0.717, 1.165) is 11.5 Å². The van der Waals surface area contributed by atoms with Crippen molar-refractivity contribution in [3.05, 3.63) is 4.88 Å². The highest BCUT2D eigenvalue weighted by Crippen LogP contribution is 2.42. The predicted octanol–water partition coefficient (Wildman–Crippen LogP) is 1.58. The maximum Gasteiger partial charge on any atom is 0.261 e. The molecule has 1 aromatic heterocycles. The number of hydrogen-bond acceptors (Lipinski definition) is 6. The first-order chi connectivity index (χ1) is 9.23. The van der Waals surface area contributed by atoms with Gasteiger partial charge in [-0.05, 0) is 34.9 Å². The summed E-state index contributed by atoms with van der Waals surface area (Å²) in [4.78, 5) is 13.8. The van der Waals surface area contributed by atoms with Crippen LogP contribution in [0.25, 0.3) is 0 Å². The Morgan fingerprint density at radius 2 is 2.00 bits per heavy atom. The Labute approximate surface area is 124 Å². The molecule has 0 aliphatic heterocycles. The Hall–Kier alpha value is -1.47. The number of nitrogens with one attached hydrogen (secondary N) is 1. The minimum Gasteiger partial charge on any atom is -0.486 e. The van der Waals surface area contributed by atoms with E-state index >= 15 is 0 Å². The second-order valence-electron chi connectivity index (χ2n) is 5.23. The normalized spacial score (nSPS) is 12.8. The molecule has 0 aromatic carbocycles. The van der Waals surface area contributed by atoms with Crippen molar-refractivity contribution in [1.29, 1.82) is 0 Å². The zero-order valence-electron chi connectivity index (χ0n) is 12.7. The Morgan fingerprint density at radius 1 is 1.40 bits per heavy atom. The van der Waals surface area contributed by atoms with Gasteiger partial charge >= 0.3 is 0 Å². The Morgan fingerprint density at radius 3 is 2.45 bits per heavy atom. The molecule has 1 amide bonds. The fraction of sp³-hybridized carbons (Fsp3) is 0.615. The van der Waals surface area contributed by atoms with Crippen LogP contribution < -0.4 is 21.5 Å². The average Bonchev–Trinajstić information content (AvgIpc) is 2.63. The second-order valence-corrected chi connectivity index (χ2v) is 6.25. The third-order valence-corrected chi connectivity index (χ3v) is 4.08. The number of anilines is 2. The van der Waals surface area contributed by atoms with Gasteiger partial charge in [-0.2, -0.15) is 0 Å². The zero-order valence-corrected chi connectivity index (χ0v) is 13.5. The number of carbonyl (C=O) groups excluding carboxylic acids is 1. The number of nitrogen functional groups attached to an aromatic ring is 1. The van der Waals surface area contributed by atoms with Crippen molar-refractivity contribution in [3.63, 3.8) is 0 Å². The smallest absolute Gasteiger partial charge is 0.261 e. The van der Waals surface area contributed by atoms with Gasteiger partial charge in [0.05, 0.1) is 6.10 Å². The summed E-state index contributed by atoms with van der Waals surface area (Å²) in [5.74, 6) is -0.0143. The Bertz CT molecular complexity index is 471. The molecule has 0 saturated heterocycles. The van der Waals surface area contributed by atoms with Crippen LogP contribution in [-0.4, -0.2) is 43.6 Å². The molecule has 7 heteroatoms. The number of nitrogens with zero attached hydrogens (tertiary/aromatic N) is 1. The van der Waals surface area contributed by atoms with Gasteiger partial charge in [0.25, 0.3) is 5.91 Å². The zero-order chi connectivity index (χ0) is 15.4. The SMILES string of the molecule is CC(C)Oc1c(NCC(C)N(C)C)sc(C(N)=O)c1N. The van der Waals surface area contributed by atoms with Gasteiger partial charge in [-0.1, -0.05) is 0 Å². The highest BCUT2D eigenvalue weighted by Gasteiger charge is 2.22. The number of nitrogens with two attached hydrogens (primary N) is 2. The molecule has 0 radical (unpaired) electrons. The highest BCUT2D eigenvalue weighted by atomic mass is 32.1. The minimum absolute atomic E-state index is 0.0283. The van der Waals surface area contributed by atoms with E-state index in [1.807, 2.05) is 27.9 Å². The number of rotatable bonds is 7. The molecule has 0 aliphatic carbocycles. The molecular formula is C13H24N4O2S. The Kier molecular flexibility index (Phi) is 5.64. The van der Waals surface area contributed by atoms with Crippen LogP contribution in [0.15, 0.2) is 0 Å². The molecule has 1 aromatic rings. The summed E-state index contributed by atoms with van der Waals surface area (Å²) in [5, 5.41) is 4.03. The average molecular weight is 300 g/mol.